The molecule has 1 heterocycles. The fourth-order valence-corrected chi connectivity index (χ4v) is 1.67. The van der Waals surface area contributed by atoms with E-state index in [4.69, 9.17) is 0 Å². The standard InChI is InChI=1S/C13H14N2O3/c1-15(8-12(17)18-2)11-7-6-9-4-3-5-10(16)13(9)14-11/h3-7,16H,8H2,1-2H3. The summed E-state index contributed by atoms with van der Waals surface area (Å²) in [6.07, 6.45) is 0. The number of phenolic OH excluding ortho intramolecular Hbond substituents is 1. The molecule has 0 unspecified atom stereocenters. The number of benzene rings is 1. The number of pyridine rings is 1. The average molecular weight is 246 g/mol. The molecule has 2 aromatic rings. The molecule has 2 rings (SSSR count). The number of fused-ring (bicyclic) bond motifs is 1. The van der Waals surface area contributed by atoms with Crippen LogP contribution < -0.4 is 4.90 Å². The highest BCUT2D eigenvalue weighted by Gasteiger charge is 2.10. The van der Waals surface area contributed by atoms with Gasteiger partial charge in [0.1, 0.15) is 23.6 Å². The number of carbonyl (C=O) groups excluding carboxylic acids is 1. The van der Waals surface area contributed by atoms with Gasteiger partial charge in [-0.2, -0.15) is 0 Å². The van der Waals surface area contributed by atoms with Gasteiger partial charge in [0.15, 0.2) is 0 Å². The molecule has 0 spiro atoms. The summed E-state index contributed by atoms with van der Waals surface area (Å²) in [5.74, 6) is 0.395. The van der Waals surface area contributed by atoms with E-state index in [2.05, 4.69) is 9.72 Å². The molecule has 0 atom stereocenters. The summed E-state index contributed by atoms with van der Waals surface area (Å²) in [4.78, 5) is 17.2. The zero-order valence-electron chi connectivity index (χ0n) is 10.3. The first kappa shape index (κ1) is 12.2. The zero-order valence-corrected chi connectivity index (χ0v) is 10.3. The van der Waals surface area contributed by atoms with Gasteiger partial charge in [-0.3, -0.25) is 4.79 Å². The predicted molar refractivity (Wildman–Crippen MR) is 68.7 cm³/mol. The second-order valence-corrected chi connectivity index (χ2v) is 3.95. The quantitative estimate of drug-likeness (QED) is 0.832. The van der Waals surface area contributed by atoms with Gasteiger partial charge in [-0.1, -0.05) is 12.1 Å². The van der Waals surface area contributed by atoms with Crippen LogP contribution in [0.3, 0.4) is 0 Å². The number of likely N-dealkylation sites (N-methyl/N-ethyl adjacent to an activating group) is 1. The van der Waals surface area contributed by atoms with Crippen LogP contribution in [-0.4, -0.2) is 36.8 Å². The molecule has 0 aliphatic rings. The van der Waals surface area contributed by atoms with Crippen molar-refractivity contribution in [1.29, 1.82) is 0 Å². The molecular weight excluding hydrogens is 232 g/mol. The number of anilines is 1. The molecule has 1 N–H and O–H groups in total. The molecule has 0 fully saturated rings. The fraction of sp³-hybridized carbons (Fsp3) is 0.231. The third-order valence-electron chi connectivity index (χ3n) is 2.67. The Morgan fingerprint density at radius 3 is 2.89 bits per heavy atom. The van der Waals surface area contributed by atoms with Crippen molar-refractivity contribution in [2.45, 2.75) is 0 Å². The average Bonchev–Trinajstić information content (AvgIpc) is 2.38. The molecular formula is C13H14N2O3. The first-order chi connectivity index (χ1) is 8.61. The number of esters is 1. The van der Waals surface area contributed by atoms with Crippen LogP contribution in [-0.2, 0) is 9.53 Å². The second-order valence-electron chi connectivity index (χ2n) is 3.95. The monoisotopic (exact) mass is 246 g/mol. The number of carbonyl (C=O) groups is 1. The number of nitrogens with zero attached hydrogens (tertiary/aromatic N) is 2. The van der Waals surface area contributed by atoms with Crippen LogP contribution >= 0.6 is 0 Å². The zero-order chi connectivity index (χ0) is 13.1. The van der Waals surface area contributed by atoms with Crippen LogP contribution in [0.1, 0.15) is 0 Å². The largest absolute Gasteiger partial charge is 0.506 e. The summed E-state index contributed by atoms with van der Waals surface area (Å²) in [5.41, 5.74) is 0.520. The van der Waals surface area contributed by atoms with Crippen molar-refractivity contribution in [2.24, 2.45) is 0 Å². The molecule has 0 aliphatic heterocycles. The lowest BCUT2D eigenvalue weighted by Crippen LogP contribution is -2.27. The van der Waals surface area contributed by atoms with Crippen LogP contribution in [0, 0.1) is 0 Å². The van der Waals surface area contributed by atoms with Gasteiger partial charge >= 0.3 is 5.97 Å². The number of phenols is 1. The van der Waals surface area contributed by atoms with Crippen LogP contribution in [0.25, 0.3) is 10.9 Å². The van der Waals surface area contributed by atoms with Crippen molar-refractivity contribution in [2.75, 3.05) is 25.6 Å². The fourth-order valence-electron chi connectivity index (χ4n) is 1.67. The second kappa shape index (κ2) is 4.91. The Balaban J connectivity index is 2.34. The summed E-state index contributed by atoms with van der Waals surface area (Å²) >= 11 is 0. The third kappa shape index (κ3) is 2.34. The van der Waals surface area contributed by atoms with E-state index in [1.165, 1.54) is 7.11 Å². The van der Waals surface area contributed by atoms with E-state index in [0.29, 0.717) is 11.3 Å². The number of rotatable bonds is 3. The van der Waals surface area contributed by atoms with Crippen molar-refractivity contribution in [3.05, 3.63) is 30.3 Å². The molecule has 18 heavy (non-hydrogen) atoms. The SMILES string of the molecule is COC(=O)CN(C)c1ccc2cccc(O)c2n1. The molecule has 1 aromatic carbocycles. The molecule has 5 nitrogen and oxygen atoms in total. The maximum absolute atomic E-state index is 11.2. The highest BCUT2D eigenvalue weighted by molar-refractivity contribution is 5.86. The summed E-state index contributed by atoms with van der Waals surface area (Å²) in [5, 5.41) is 10.6. The highest BCUT2D eigenvalue weighted by Crippen LogP contribution is 2.24. The molecule has 0 bridgehead atoms. The molecule has 0 aliphatic carbocycles. The first-order valence-corrected chi connectivity index (χ1v) is 5.48. The molecule has 1 aromatic heterocycles. The lowest BCUT2D eigenvalue weighted by atomic mass is 10.2. The Hall–Kier alpha value is -2.30. The van der Waals surface area contributed by atoms with Crippen LogP contribution in [0.2, 0.25) is 0 Å². The molecule has 0 saturated heterocycles. The van der Waals surface area contributed by atoms with Crippen molar-refractivity contribution < 1.29 is 14.6 Å². The van der Waals surface area contributed by atoms with E-state index in [-0.39, 0.29) is 18.3 Å². The van der Waals surface area contributed by atoms with Crippen molar-refractivity contribution >= 4 is 22.7 Å². The molecule has 5 heteroatoms. The summed E-state index contributed by atoms with van der Waals surface area (Å²) < 4.78 is 4.60. The summed E-state index contributed by atoms with van der Waals surface area (Å²) in [6.45, 7) is 0.114. The van der Waals surface area contributed by atoms with Gasteiger partial charge in [-0.25, -0.2) is 4.98 Å². The minimum atomic E-state index is -0.336. The first-order valence-electron chi connectivity index (χ1n) is 5.48. The van der Waals surface area contributed by atoms with Crippen molar-refractivity contribution in [1.82, 2.24) is 4.98 Å². The Bertz CT molecular complexity index is 583. The molecule has 94 valence electrons. The predicted octanol–water partition coefficient (Wildman–Crippen LogP) is 1.55. The molecule has 0 amide bonds. The van der Waals surface area contributed by atoms with Gasteiger partial charge in [0.25, 0.3) is 0 Å². The molecule has 0 saturated carbocycles. The topological polar surface area (TPSA) is 62.7 Å². The van der Waals surface area contributed by atoms with Crippen molar-refractivity contribution in [3.8, 4) is 5.75 Å². The van der Waals surface area contributed by atoms with Gasteiger partial charge in [0, 0.05) is 12.4 Å². The minimum Gasteiger partial charge on any atom is -0.506 e. The van der Waals surface area contributed by atoms with Gasteiger partial charge in [0.05, 0.1) is 7.11 Å². The van der Waals surface area contributed by atoms with Crippen LogP contribution in [0.15, 0.2) is 30.3 Å². The van der Waals surface area contributed by atoms with Gasteiger partial charge in [0.2, 0.25) is 0 Å². The number of aromatic nitrogens is 1. The Labute approximate surface area is 105 Å². The van der Waals surface area contributed by atoms with Crippen LogP contribution in [0.5, 0.6) is 5.75 Å². The Morgan fingerprint density at radius 2 is 2.17 bits per heavy atom. The Kier molecular flexibility index (Phi) is 3.32. The minimum absolute atomic E-state index is 0.114. The number of para-hydroxylation sites is 1. The van der Waals surface area contributed by atoms with Gasteiger partial charge < -0.3 is 14.7 Å². The van der Waals surface area contributed by atoms with E-state index >= 15 is 0 Å². The van der Waals surface area contributed by atoms with E-state index < -0.39 is 0 Å². The lowest BCUT2D eigenvalue weighted by Gasteiger charge is -2.17. The van der Waals surface area contributed by atoms with Crippen molar-refractivity contribution in [3.63, 3.8) is 0 Å². The lowest BCUT2D eigenvalue weighted by molar-refractivity contribution is -0.138. The number of ether oxygens (including phenoxy) is 1. The maximum atomic E-state index is 11.2. The van der Waals surface area contributed by atoms with E-state index in [1.807, 2.05) is 12.1 Å². The Morgan fingerprint density at radius 1 is 1.39 bits per heavy atom. The molecule has 0 radical (unpaired) electrons. The maximum Gasteiger partial charge on any atom is 0.325 e. The summed E-state index contributed by atoms with van der Waals surface area (Å²) in [6, 6.07) is 8.86. The van der Waals surface area contributed by atoms with E-state index in [0.717, 1.165) is 5.39 Å². The highest BCUT2D eigenvalue weighted by atomic mass is 16.5. The summed E-state index contributed by atoms with van der Waals surface area (Å²) in [7, 11) is 3.08. The van der Waals surface area contributed by atoms with Gasteiger partial charge in [-0.05, 0) is 18.2 Å². The number of aromatic hydroxyl groups is 1. The smallest absolute Gasteiger partial charge is 0.325 e. The number of hydrogen-bond acceptors (Lipinski definition) is 5. The number of methoxy groups -OCH3 is 1. The van der Waals surface area contributed by atoms with E-state index in [1.54, 1.807) is 30.1 Å². The van der Waals surface area contributed by atoms with E-state index in [9.17, 15) is 9.90 Å². The number of hydrogen-bond donors (Lipinski definition) is 1. The third-order valence-corrected chi connectivity index (χ3v) is 2.67. The van der Waals surface area contributed by atoms with Gasteiger partial charge in [-0.15, -0.1) is 0 Å². The normalized spacial score (nSPS) is 10.3. The van der Waals surface area contributed by atoms with Crippen LogP contribution in [0.4, 0.5) is 5.82 Å².